The van der Waals surface area contributed by atoms with Crippen LogP contribution in [-0.4, -0.2) is 41.9 Å². The fourth-order valence-corrected chi connectivity index (χ4v) is 2.26. The molecule has 0 aliphatic heterocycles. The Balaban J connectivity index is 3.26. The zero-order valence-electron chi connectivity index (χ0n) is 11.3. The van der Waals surface area contributed by atoms with Gasteiger partial charge in [-0.15, -0.1) is 0 Å². The number of ether oxygens (including phenoxy) is 1. The van der Waals surface area contributed by atoms with E-state index in [9.17, 15) is 13.5 Å². The molecule has 18 heavy (non-hydrogen) atoms. The predicted octanol–water partition coefficient (Wildman–Crippen LogP) is 0.939. The minimum atomic E-state index is -3.34. The minimum Gasteiger partial charge on any atom is -0.493 e. The summed E-state index contributed by atoms with van der Waals surface area (Å²) in [5.41, 5.74) is 0.394. The maximum Gasteiger partial charge on any atom is 0.162 e. The molecule has 0 spiro atoms. The lowest BCUT2D eigenvalue weighted by Gasteiger charge is -2.21. The van der Waals surface area contributed by atoms with Crippen LogP contribution in [0.15, 0.2) is 6.20 Å². The molecule has 1 aromatic heterocycles. The molecule has 2 unspecified atom stereocenters. The average molecular weight is 276 g/mol. The highest BCUT2D eigenvalue weighted by molar-refractivity contribution is 7.91. The monoisotopic (exact) mass is 276 g/mol. The first-order valence-corrected chi connectivity index (χ1v) is 7.64. The van der Waals surface area contributed by atoms with Crippen molar-refractivity contribution in [2.45, 2.75) is 38.2 Å². The fraction of sp³-hybridized carbons (Fsp3) is 0.727. The number of hydrogen-bond acceptors (Lipinski definition) is 5. The summed E-state index contributed by atoms with van der Waals surface area (Å²) in [6.07, 6.45) is 1.41. The standard InChI is InChI=1S/C11H20N2O4S/c1-7(2)13-10(9(17-4)6-12-13)11(14)8(3)18(5,15)16/h6-8,11,14H,1-5H3. The second-order valence-electron chi connectivity index (χ2n) is 4.62. The van der Waals surface area contributed by atoms with Crippen LogP contribution in [0.3, 0.4) is 0 Å². The van der Waals surface area contributed by atoms with Crippen molar-refractivity contribution in [3.63, 3.8) is 0 Å². The Bertz CT molecular complexity index is 507. The molecule has 1 heterocycles. The van der Waals surface area contributed by atoms with Crippen LogP contribution in [-0.2, 0) is 9.84 Å². The van der Waals surface area contributed by atoms with E-state index in [0.29, 0.717) is 11.4 Å². The van der Waals surface area contributed by atoms with Crippen LogP contribution in [0, 0.1) is 0 Å². The molecule has 0 aromatic carbocycles. The summed E-state index contributed by atoms with van der Waals surface area (Å²) < 4.78 is 29.7. The predicted molar refractivity (Wildman–Crippen MR) is 68.4 cm³/mol. The summed E-state index contributed by atoms with van der Waals surface area (Å²) >= 11 is 0. The second-order valence-corrected chi connectivity index (χ2v) is 7.02. The summed E-state index contributed by atoms with van der Waals surface area (Å²) in [5.74, 6) is 0.395. The molecule has 0 aliphatic carbocycles. The minimum absolute atomic E-state index is 0.00492. The van der Waals surface area contributed by atoms with Gasteiger partial charge in [0.1, 0.15) is 11.8 Å². The van der Waals surface area contributed by atoms with Gasteiger partial charge < -0.3 is 9.84 Å². The van der Waals surface area contributed by atoms with E-state index in [2.05, 4.69) is 5.10 Å². The zero-order valence-corrected chi connectivity index (χ0v) is 12.1. The van der Waals surface area contributed by atoms with Crippen LogP contribution in [0.5, 0.6) is 5.75 Å². The molecule has 7 heteroatoms. The van der Waals surface area contributed by atoms with Gasteiger partial charge >= 0.3 is 0 Å². The van der Waals surface area contributed by atoms with Crippen molar-refractivity contribution in [2.24, 2.45) is 0 Å². The Kier molecular flexibility index (Phi) is 4.39. The summed E-state index contributed by atoms with van der Waals surface area (Å²) in [6, 6.07) is 0.00492. The normalized spacial score (nSPS) is 15.7. The van der Waals surface area contributed by atoms with Crippen molar-refractivity contribution >= 4 is 9.84 Å². The maximum atomic E-state index is 11.5. The Morgan fingerprint density at radius 1 is 1.39 bits per heavy atom. The largest absolute Gasteiger partial charge is 0.493 e. The molecule has 6 nitrogen and oxygen atoms in total. The molecular weight excluding hydrogens is 256 g/mol. The molecule has 0 saturated carbocycles. The number of aliphatic hydroxyl groups excluding tert-OH is 1. The number of rotatable bonds is 5. The van der Waals surface area contributed by atoms with Crippen LogP contribution < -0.4 is 4.74 Å². The Labute approximate surface area is 107 Å². The van der Waals surface area contributed by atoms with Gasteiger partial charge in [-0.3, -0.25) is 4.68 Å². The van der Waals surface area contributed by atoms with Gasteiger partial charge in [-0.1, -0.05) is 0 Å². The molecule has 104 valence electrons. The molecule has 0 bridgehead atoms. The van der Waals surface area contributed by atoms with E-state index in [1.165, 1.54) is 20.2 Å². The highest BCUT2D eigenvalue weighted by Gasteiger charge is 2.31. The highest BCUT2D eigenvalue weighted by atomic mass is 32.2. The first kappa shape index (κ1) is 15.0. The number of methoxy groups -OCH3 is 1. The number of aliphatic hydroxyl groups is 1. The molecular formula is C11H20N2O4S. The number of hydrogen-bond donors (Lipinski definition) is 1. The molecule has 0 amide bonds. The molecule has 0 radical (unpaired) electrons. The quantitative estimate of drug-likeness (QED) is 0.865. The van der Waals surface area contributed by atoms with Gasteiger partial charge in [0.05, 0.1) is 18.6 Å². The summed E-state index contributed by atoms with van der Waals surface area (Å²) in [5, 5.41) is 13.4. The number of aromatic nitrogens is 2. The van der Waals surface area contributed by atoms with Gasteiger partial charge in [0.15, 0.2) is 15.6 Å². The van der Waals surface area contributed by atoms with E-state index >= 15 is 0 Å². The number of nitrogens with zero attached hydrogens (tertiary/aromatic N) is 2. The van der Waals surface area contributed by atoms with Gasteiger partial charge in [-0.2, -0.15) is 5.10 Å². The van der Waals surface area contributed by atoms with Crippen LogP contribution in [0.25, 0.3) is 0 Å². The maximum absolute atomic E-state index is 11.5. The average Bonchev–Trinajstić information content (AvgIpc) is 2.69. The molecule has 2 atom stereocenters. The van der Waals surface area contributed by atoms with Crippen LogP contribution in [0.1, 0.15) is 38.6 Å². The van der Waals surface area contributed by atoms with Crippen molar-refractivity contribution in [3.8, 4) is 5.75 Å². The van der Waals surface area contributed by atoms with E-state index in [1.54, 1.807) is 4.68 Å². The van der Waals surface area contributed by atoms with E-state index in [1.807, 2.05) is 13.8 Å². The van der Waals surface area contributed by atoms with Crippen LogP contribution in [0.4, 0.5) is 0 Å². The van der Waals surface area contributed by atoms with E-state index in [0.717, 1.165) is 6.26 Å². The van der Waals surface area contributed by atoms with Crippen molar-refractivity contribution in [1.82, 2.24) is 9.78 Å². The van der Waals surface area contributed by atoms with Crippen molar-refractivity contribution in [2.75, 3.05) is 13.4 Å². The number of sulfone groups is 1. The zero-order chi connectivity index (χ0) is 14.1. The Morgan fingerprint density at radius 2 is 1.94 bits per heavy atom. The first-order valence-electron chi connectivity index (χ1n) is 5.68. The SMILES string of the molecule is COc1cnn(C(C)C)c1C(O)C(C)S(C)(=O)=O. The topological polar surface area (TPSA) is 81.4 Å². The van der Waals surface area contributed by atoms with Crippen molar-refractivity contribution < 1.29 is 18.3 Å². The van der Waals surface area contributed by atoms with Gasteiger partial charge in [0.2, 0.25) is 0 Å². The third-order valence-corrected chi connectivity index (χ3v) is 4.52. The van der Waals surface area contributed by atoms with E-state index in [4.69, 9.17) is 4.74 Å². The second kappa shape index (κ2) is 5.27. The van der Waals surface area contributed by atoms with E-state index < -0.39 is 21.2 Å². The van der Waals surface area contributed by atoms with E-state index in [-0.39, 0.29) is 6.04 Å². The van der Waals surface area contributed by atoms with Crippen LogP contribution in [0.2, 0.25) is 0 Å². The van der Waals surface area contributed by atoms with Crippen molar-refractivity contribution in [3.05, 3.63) is 11.9 Å². The lowest BCUT2D eigenvalue weighted by atomic mass is 10.1. The van der Waals surface area contributed by atoms with Gasteiger partial charge in [0.25, 0.3) is 0 Å². The summed E-state index contributed by atoms with van der Waals surface area (Å²) in [6.45, 7) is 5.26. The van der Waals surface area contributed by atoms with Crippen molar-refractivity contribution in [1.29, 1.82) is 0 Å². The molecule has 0 saturated heterocycles. The third kappa shape index (κ3) is 2.84. The van der Waals surface area contributed by atoms with Gasteiger partial charge in [-0.25, -0.2) is 8.42 Å². The van der Waals surface area contributed by atoms with Crippen LogP contribution >= 0.6 is 0 Å². The third-order valence-electron chi connectivity index (χ3n) is 2.91. The Morgan fingerprint density at radius 3 is 2.33 bits per heavy atom. The fourth-order valence-electron chi connectivity index (χ4n) is 1.66. The molecule has 1 N–H and O–H groups in total. The van der Waals surface area contributed by atoms with Gasteiger partial charge in [0, 0.05) is 12.3 Å². The van der Waals surface area contributed by atoms with Gasteiger partial charge in [-0.05, 0) is 20.8 Å². The highest BCUT2D eigenvalue weighted by Crippen LogP contribution is 2.31. The lowest BCUT2D eigenvalue weighted by Crippen LogP contribution is -2.27. The Hall–Kier alpha value is -1.08. The molecule has 0 aliphatic rings. The molecule has 0 fully saturated rings. The lowest BCUT2D eigenvalue weighted by molar-refractivity contribution is 0.158. The summed E-state index contributed by atoms with van der Waals surface area (Å²) in [7, 11) is -1.88. The smallest absolute Gasteiger partial charge is 0.162 e. The molecule has 1 rings (SSSR count). The first-order chi connectivity index (χ1) is 8.20. The summed E-state index contributed by atoms with van der Waals surface area (Å²) in [4.78, 5) is 0. The molecule has 1 aromatic rings.